The van der Waals surface area contributed by atoms with Gasteiger partial charge in [-0.3, -0.25) is 4.79 Å². The molecule has 0 bridgehead atoms. The van der Waals surface area contributed by atoms with Crippen LogP contribution in [0.3, 0.4) is 0 Å². The minimum atomic E-state index is -0.129. The zero-order valence-corrected chi connectivity index (χ0v) is 12.8. The summed E-state index contributed by atoms with van der Waals surface area (Å²) >= 11 is 0. The van der Waals surface area contributed by atoms with Crippen molar-refractivity contribution in [1.82, 2.24) is 15.3 Å². The number of nitrogens with zero attached hydrogens (tertiary/aromatic N) is 2. The van der Waals surface area contributed by atoms with Crippen molar-refractivity contribution in [2.24, 2.45) is 5.92 Å². The highest BCUT2D eigenvalue weighted by molar-refractivity contribution is 5.92. The van der Waals surface area contributed by atoms with Gasteiger partial charge < -0.3 is 10.6 Å². The number of hydrogen-bond acceptors (Lipinski definition) is 4. The highest BCUT2D eigenvalue weighted by Gasteiger charge is 2.07. The Kier molecular flexibility index (Phi) is 7.62. The van der Waals surface area contributed by atoms with E-state index in [0.717, 1.165) is 32.2 Å². The summed E-state index contributed by atoms with van der Waals surface area (Å²) < 4.78 is 0. The van der Waals surface area contributed by atoms with E-state index in [1.165, 1.54) is 6.33 Å². The Morgan fingerprint density at radius 3 is 2.75 bits per heavy atom. The molecule has 0 aliphatic carbocycles. The molecule has 1 heterocycles. The van der Waals surface area contributed by atoms with E-state index in [1.54, 1.807) is 6.07 Å². The molecule has 1 amide bonds. The van der Waals surface area contributed by atoms with Gasteiger partial charge in [0.15, 0.2) is 0 Å². The third-order valence-electron chi connectivity index (χ3n) is 2.99. The Morgan fingerprint density at radius 1 is 1.25 bits per heavy atom. The maximum atomic E-state index is 11.9. The first kappa shape index (κ1) is 16.4. The van der Waals surface area contributed by atoms with Gasteiger partial charge in [0, 0.05) is 19.2 Å². The number of unbranched alkanes of at least 4 members (excludes halogenated alkanes) is 2. The second-order valence-electron chi connectivity index (χ2n) is 5.36. The zero-order valence-electron chi connectivity index (χ0n) is 12.8. The van der Waals surface area contributed by atoms with Crippen molar-refractivity contribution in [3.8, 4) is 0 Å². The second kappa shape index (κ2) is 9.28. The number of aromatic nitrogens is 2. The molecule has 0 atom stereocenters. The normalized spacial score (nSPS) is 10.6. The number of carbonyl (C=O) groups excluding carboxylic acids is 1. The van der Waals surface area contributed by atoms with Gasteiger partial charge >= 0.3 is 0 Å². The van der Waals surface area contributed by atoms with Gasteiger partial charge in [-0.25, -0.2) is 9.97 Å². The standard InChI is InChI=1S/C15H26N4O/c1-4-5-6-8-17-15(20)13-10-14(19-11-18-13)16-9-7-12(2)3/h10-12H,4-9H2,1-3H3,(H,17,20)(H,16,18,19). The molecule has 0 aliphatic rings. The zero-order chi connectivity index (χ0) is 14.8. The van der Waals surface area contributed by atoms with Gasteiger partial charge in [-0.05, 0) is 18.8 Å². The van der Waals surface area contributed by atoms with Gasteiger partial charge in [-0.1, -0.05) is 33.6 Å². The predicted molar refractivity (Wildman–Crippen MR) is 81.8 cm³/mol. The summed E-state index contributed by atoms with van der Waals surface area (Å²) in [6.07, 6.45) is 5.79. The molecule has 0 unspecified atom stereocenters. The fraction of sp³-hybridized carbons (Fsp3) is 0.667. The average molecular weight is 278 g/mol. The van der Waals surface area contributed by atoms with Crippen LogP contribution in [-0.4, -0.2) is 29.0 Å². The third-order valence-corrected chi connectivity index (χ3v) is 2.99. The number of amides is 1. The quantitative estimate of drug-likeness (QED) is 0.682. The number of carbonyl (C=O) groups is 1. The van der Waals surface area contributed by atoms with Crippen molar-refractivity contribution in [3.63, 3.8) is 0 Å². The SMILES string of the molecule is CCCCCNC(=O)c1cc(NCCC(C)C)ncn1. The van der Waals surface area contributed by atoms with Crippen molar-refractivity contribution in [2.45, 2.75) is 46.5 Å². The molecule has 0 saturated carbocycles. The first-order valence-corrected chi connectivity index (χ1v) is 7.47. The number of nitrogens with one attached hydrogen (secondary N) is 2. The Morgan fingerprint density at radius 2 is 2.05 bits per heavy atom. The van der Waals surface area contributed by atoms with Gasteiger partial charge in [-0.15, -0.1) is 0 Å². The average Bonchev–Trinajstić information content (AvgIpc) is 2.43. The van der Waals surface area contributed by atoms with Crippen LogP contribution in [0.4, 0.5) is 5.82 Å². The Balaban J connectivity index is 2.43. The summed E-state index contributed by atoms with van der Waals surface area (Å²) in [5, 5.41) is 6.09. The van der Waals surface area contributed by atoms with E-state index in [1.807, 2.05) is 0 Å². The van der Waals surface area contributed by atoms with E-state index in [0.29, 0.717) is 24.0 Å². The molecule has 112 valence electrons. The van der Waals surface area contributed by atoms with Crippen molar-refractivity contribution in [2.75, 3.05) is 18.4 Å². The first-order chi connectivity index (χ1) is 9.63. The summed E-state index contributed by atoms with van der Waals surface area (Å²) in [4.78, 5) is 20.1. The monoisotopic (exact) mass is 278 g/mol. The Bertz CT molecular complexity index is 407. The van der Waals surface area contributed by atoms with Gasteiger partial charge in [0.05, 0.1) is 0 Å². The van der Waals surface area contributed by atoms with Gasteiger partial charge in [-0.2, -0.15) is 0 Å². The van der Waals surface area contributed by atoms with Crippen LogP contribution in [0.5, 0.6) is 0 Å². The van der Waals surface area contributed by atoms with E-state index in [2.05, 4.69) is 41.4 Å². The lowest BCUT2D eigenvalue weighted by atomic mass is 10.1. The largest absolute Gasteiger partial charge is 0.370 e. The summed E-state index contributed by atoms with van der Waals surface area (Å²) in [5.74, 6) is 1.22. The molecule has 0 spiro atoms. The molecule has 1 aromatic heterocycles. The van der Waals surface area contributed by atoms with E-state index in [9.17, 15) is 4.79 Å². The summed E-state index contributed by atoms with van der Waals surface area (Å²) in [7, 11) is 0. The van der Waals surface area contributed by atoms with Crippen molar-refractivity contribution in [1.29, 1.82) is 0 Å². The molecule has 0 radical (unpaired) electrons. The van der Waals surface area contributed by atoms with Crippen molar-refractivity contribution >= 4 is 11.7 Å². The second-order valence-corrected chi connectivity index (χ2v) is 5.36. The molecule has 5 heteroatoms. The maximum absolute atomic E-state index is 11.9. The molecule has 0 fully saturated rings. The van der Waals surface area contributed by atoms with E-state index >= 15 is 0 Å². The molecule has 1 rings (SSSR count). The van der Waals surface area contributed by atoms with Gasteiger partial charge in [0.2, 0.25) is 0 Å². The lowest BCUT2D eigenvalue weighted by Gasteiger charge is -2.08. The molecular formula is C15H26N4O. The Labute approximate surface area is 121 Å². The lowest BCUT2D eigenvalue weighted by molar-refractivity contribution is 0.0948. The fourth-order valence-corrected chi connectivity index (χ4v) is 1.73. The highest BCUT2D eigenvalue weighted by Crippen LogP contribution is 2.06. The first-order valence-electron chi connectivity index (χ1n) is 7.47. The molecular weight excluding hydrogens is 252 g/mol. The maximum Gasteiger partial charge on any atom is 0.270 e. The number of anilines is 1. The minimum Gasteiger partial charge on any atom is -0.370 e. The van der Waals surface area contributed by atoms with Crippen LogP contribution in [-0.2, 0) is 0 Å². The van der Waals surface area contributed by atoms with Crippen LogP contribution < -0.4 is 10.6 Å². The van der Waals surface area contributed by atoms with Gasteiger partial charge in [0.1, 0.15) is 17.8 Å². The lowest BCUT2D eigenvalue weighted by Crippen LogP contribution is -2.25. The van der Waals surface area contributed by atoms with Crippen molar-refractivity contribution < 1.29 is 4.79 Å². The molecule has 1 aromatic rings. The minimum absolute atomic E-state index is 0.129. The van der Waals surface area contributed by atoms with E-state index in [-0.39, 0.29) is 5.91 Å². The van der Waals surface area contributed by atoms with Crippen LogP contribution in [0.25, 0.3) is 0 Å². The number of hydrogen-bond donors (Lipinski definition) is 2. The Hall–Kier alpha value is -1.65. The molecule has 20 heavy (non-hydrogen) atoms. The van der Waals surface area contributed by atoms with E-state index in [4.69, 9.17) is 0 Å². The molecule has 5 nitrogen and oxygen atoms in total. The molecule has 0 saturated heterocycles. The molecule has 2 N–H and O–H groups in total. The van der Waals surface area contributed by atoms with Gasteiger partial charge in [0.25, 0.3) is 5.91 Å². The fourth-order valence-electron chi connectivity index (χ4n) is 1.73. The smallest absolute Gasteiger partial charge is 0.270 e. The van der Waals surface area contributed by atoms with Crippen LogP contribution in [0.15, 0.2) is 12.4 Å². The van der Waals surface area contributed by atoms with Crippen LogP contribution in [0.1, 0.15) is 56.9 Å². The summed E-state index contributed by atoms with van der Waals surface area (Å²) in [5.41, 5.74) is 0.420. The summed E-state index contributed by atoms with van der Waals surface area (Å²) in [6, 6.07) is 1.70. The highest BCUT2D eigenvalue weighted by atomic mass is 16.1. The third kappa shape index (κ3) is 6.50. The molecule has 0 aliphatic heterocycles. The number of rotatable bonds is 9. The summed E-state index contributed by atoms with van der Waals surface area (Å²) in [6.45, 7) is 8.05. The van der Waals surface area contributed by atoms with Crippen molar-refractivity contribution in [3.05, 3.63) is 18.1 Å². The predicted octanol–water partition coefficient (Wildman–Crippen LogP) is 2.85. The molecule has 0 aromatic carbocycles. The van der Waals surface area contributed by atoms with Crippen LogP contribution in [0.2, 0.25) is 0 Å². The van der Waals surface area contributed by atoms with Crippen LogP contribution >= 0.6 is 0 Å². The van der Waals surface area contributed by atoms with E-state index < -0.39 is 0 Å². The van der Waals surface area contributed by atoms with Crippen LogP contribution in [0, 0.1) is 5.92 Å². The topological polar surface area (TPSA) is 66.9 Å².